The Hall–Kier alpha value is -2.18. The van der Waals surface area contributed by atoms with E-state index in [0.29, 0.717) is 12.8 Å². The lowest BCUT2D eigenvalue weighted by atomic mass is 9.53. The van der Waals surface area contributed by atoms with Crippen LogP contribution in [0.15, 0.2) is 12.2 Å². The van der Waals surface area contributed by atoms with Crippen LogP contribution in [0.5, 0.6) is 0 Å². The predicted octanol–water partition coefficient (Wildman–Crippen LogP) is 1.96. The van der Waals surface area contributed by atoms with Crippen molar-refractivity contribution in [3.8, 4) is 0 Å². The molecule has 1 saturated heterocycles. The first-order valence-electron chi connectivity index (χ1n) is 11.4. The molecule has 0 unspecified atom stereocenters. The van der Waals surface area contributed by atoms with Crippen LogP contribution in [0.2, 0.25) is 0 Å². The van der Waals surface area contributed by atoms with Gasteiger partial charge in [-0.05, 0) is 69.1 Å². The lowest BCUT2D eigenvalue weighted by Crippen LogP contribution is -2.60. The average Bonchev–Trinajstić information content (AvgIpc) is 2.94. The van der Waals surface area contributed by atoms with Crippen molar-refractivity contribution in [1.29, 1.82) is 0 Å². The molecule has 7 nitrogen and oxygen atoms in total. The zero-order valence-electron chi connectivity index (χ0n) is 17.3. The minimum atomic E-state index is -0.552. The Morgan fingerprint density at radius 1 is 0.967 bits per heavy atom. The number of amides is 3. The molecule has 2 atom stereocenters. The molecule has 6 rings (SSSR count). The SMILES string of the molecule is O=C(COC(=O)CCN1C(=O)[C@H]2CC=CC[C@@H]2C1=O)NC12CC3CC(CC(C3)C1)C2. The maximum absolute atomic E-state index is 12.5. The van der Waals surface area contributed by atoms with Crippen molar-refractivity contribution < 1.29 is 23.9 Å². The van der Waals surface area contributed by atoms with Gasteiger partial charge in [-0.15, -0.1) is 0 Å². The Kier molecular flexibility index (Phi) is 4.94. The fourth-order valence-electron chi connectivity index (χ4n) is 7.11. The van der Waals surface area contributed by atoms with E-state index in [0.717, 1.165) is 37.0 Å². The van der Waals surface area contributed by atoms with E-state index in [1.165, 1.54) is 24.2 Å². The number of rotatable bonds is 6. The van der Waals surface area contributed by atoms with Crippen molar-refractivity contribution in [3.63, 3.8) is 0 Å². The molecule has 162 valence electrons. The number of nitrogens with one attached hydrogen (secondary N) is 1. The molecule has 7 heteroatoms. The van der Waals surface area contributed by atoms with Gasteiger partial charge in [0.1, 0.15) is 0 Å². The molecule has 0 radical (unpaired) electrons. The summed E-state index contributed by atoms with van der Waals surface area (Å²) in [5.41, 5.74) is -0.100. The minimum Gasteiger partial charge on any atom is -0.456 e. The van der Waals surface area contributed by atoms with Gasteiger partial charge >= 0.3 is 5.97 Å². The molecule has 0 aromatic carbocycles. The van der Waals surface area contributed by atoms with E-state index in [2.05, 4.69) is 5.32 Å². The Labute approximate surface area is 176 Å². The molecule has 4 saturated carbocycles. The monoisotopic (exact) mass is 414 g/mol. The fourth-order valence-corrected chi connectivity index (χ4v) is 7.11. The van der Waals surface area contributed by atoms with E-state index < -0.39 is 5.97 Å². The molecule has 6 aliphatic rings. The van der Waals surface area contributed by atoms with Crippen molar-refractivity contribution in [1.82, 2.24) is 10.2 Å². The minimum absolute atomic E-state index is 0.0279. The Morgan fingerprint density at radius 3 is 2.03 bits per heavy atom. The van der Waals surface area contributed by atoms with Crippen molar-refractivity contribution in [2.75, 3.05) is 13.2 Å². The number of esters is 1. The second-order valence-electron chi connectivity index (χ2n) is 10.1. The lowest BCUT2D eigenvalue weighted by molar-refractivity contribution is -0.151. The van der Waals surface area contributed by atoms with Gasteiger partial charge in [-0.25, -0.2) is 0 Å². The number of carbonyl (C=O) groups excluding carboxylic acids is 4. The third-order valence-corrected chi connectivity index (χ3v) is 7.95. The molecular weight excluding hydrogens is 384 g/mol. The van der Waals surface area contributed by atoms with Crippen LogP contribution >= 0.6 is 0 Å². The molecule has 0 aromatic rings. The zero-order chi connectivity index (χ0) is 20.9. The van der Waals surface area contributed by atoms with Gasteiger partial charge < -0.3 is 10.1 Å². The summed E-state index contributed by atoms with van der Waals surface area (Å²) in [6.07, 6.45) is 12.0. The quantitative estimate of drug-likeness (QED) is 0.407. The summed E-state index contributed by atoms with van der Waals surface area (Å²) in [5, 5.41) is 3.18. The molecule has 3 amide bonds. The Morgan fingerprint density at radius 2 is 1.50 bits per heavy atom. The highest BCUT2D eigenvalue weighted by Gasteiger charge is 2.51. The second-order valence-corrected chi connectivity index (χ2v) is 10.1. The number of hydrogen-bond acceptors (Lipinski definition) is 5. The third kappa shape index (κ3) is 3.56. The highest BCUT2D eigenvalue weighted by atomic mass is 16.5. The summed E-state index contributed by atoms with van der Waals surface area (Å²) in [6, 6.07) is 0. The lowest BCUT2D eigenvalue weighted by Gasteiger charge is -2.56. The smallest absolute Gasteiger partial charge is 0.308 e. The number of ether oxygens (including phenoxy) is 1. The molecule has 0 aromatic heterocycles. The van der Waals surface area contributed by atoms with Crippen LogP contribution in [-0.4, -0.2) is 47.3 Å². The van der Waals surface area contributed by atoms with Gasteiger partial charge in [-0.2, -0.15) is 0 Å². The van der Waals surface area contributed by atoms with E-state index in [9.17, 15) is 19.2 Å². The number of allylic oxidation sites excluding steroid dienone is 2. The number of carbonyl (C=O) groups is 4. The number of fused-ring (bicyclic) bond motifs is 1. The second kappa shape index (κ2) is 7.50. The van der Waals surface area contributed by atoms with E-state index in [4.69, 9.17) is 4.74 Å². The van der Waals surface area contributed by atoms with Crippen LogP contribution < -0.4 is 5.32 Å². The van der Waals surface area contributed by atoms with Gasteiger partial charge in [0.2, 0.25) is 11.8 Å². The number of hydrogen-bond donors (Lipinski definition) is 1. The highest BCUT2D eigenvalue weighted by Crippen LogP contribution is 2.55. The van der Waals surface area contributed by atoms with Crippen molar-refractivity contribution in [3.05, 3.63) is 12.2 Å². The normalized spacial score (nSPS) is 38.7. The Balaban J connectivity index is 1.07. The van der Waals surface area contributed by atoms with E-state index >= 15 is 0 Å². The van der Waals surface area contributed by atoms with Crippen LogP contribution in [0.4, 0.5) is 0 Å². The van der Waals surface area contributed by atoms with Gasteiger partial charge in [0.05, 0.1) is 18.3 Å². The molecule has 1 N–H and O–H groups in total. The molecule has 4 bridgehead atoms. The number of imide groups is 1. The molecule has 1 heterocycles. The van der Waals surface area contributed by atoms with Crippen LogP contribution in [0.25, 0.3) is 0 Å². The average molecular weight is 415 g/mol. The summed E-state index contributed by atoms with van der Waals surface area (Å²) in [7, 11) is 0. The third-order valence-electron chi connectivity index (χ3n) is 7.95. The van der Waals surface area contributed by atoms with Gasteiger partial charge in [0.25, 0.3) is 5.91 Å². The van der Waals surface area contributed by atoms with Crippen LogP contribution in [-0.2, 0) is 23.9 Å². The van der Waals surface area contributed by atoms with Crippen LogP contribution in [0.3, 0.4) is 0 Å². The van der Waals surface area contributed by atoms with Gasteiger partial charge in [0.15, 0.2) is 6.61 Å². The van der Waals surface area contributed by atoms with Crippen molar-refractivity contribution in [2.45, 2.75) is 63.3 Å². The summed E-state index contributed by atoms with van der Waals surface area (Å²) in [4.78, 5) is 50.7. The van der Waals surface area contributed by atoms with Gasteiger partial charge in [-0.1, -0.05) is 12.2 Å². The van der Waals surface area contributed by atoms with Gasteiger partial charge in [0, 0.05) is 12.1 Å². The maximum Gasteiger partial charge on any atom is 0.308 e. The zero-order valence-corrected chi connectivity index (χ0v) is 17.3. The van der Waals surface area contributed by atoms with Gasteiger partial charge in [-0.3, -0.25) is 24.1 Å². The molecule has 5 aliphatic carbocycles. The molecule has 30 heavy (non-hydrogen) atoms. The molecular formula is C23H30N2O5. The summed E-state index contributed by atoms with van der Waals surface area (Å²) in [5.74, 6) is 0.438. The molecule has 1 aliphatic heterocycles. The molecule has 5 fully saturated rings. The van der Waals surface area contributed by atoms with Crippen LogP contribution in [0, 0.1) is 29.6 Å². The Bertz CT molecular complexity index is 742. The van der Waals surface area contributed by atoms with E-state index in [-0.39, 0.29) is 54.7 Å². The van der Waals surface area contributed by atoms with E-state index in [1.54, 1.807) is 0 Å². The number of likely N-dealkylation sites (tertiary alicyclic amines) is 1. The predicted molar refractivity (Wildman–Crippen MR) is 107 cm³/mol. The highest BCUT2D eigenvalue weighted by molar-refractivity contribution is 6.05. The topological polar surface area (TPSA) is 92.8 Å². The standard InChI is InChI=1S/C23H30N2O5/c26-19(24-23-10-14-7-15(11-23)9-16(8-14)12-23)13-30-20(27)5-6-25-21(28)17-3-1-2-4-18(17)22(25)29/h1-2,14-18H,3-13H2,(H,24,26)/t14?,15?,16?,17-,18-,23?/m0/s1. The summed E-state index contributed by atoms with van der Waals surface area (Å²) < 4.78 is 5.15. The van der Waals surface area contributed by atoms with E-state index in [1.807, 2.05) is 12.2 Å². The largest absolute Gasteiger partial charge is 0.456 e. The van der Waals surface area contributed by atoms with Crippen molar-refractivity contribution >= 4 is 23.7 Å². The number of nitrogens with zero attached hydrogens (tertiary/aromatic N) is 1. The maximum atomic E-state index is 12.5. The van der Waals surface area contributed by atoms with Crippen LogP contribution in [0.1, 0.15) is 57.8 Å². The first-order chi connectivity index (χ1) is 14.4. The van der Waals surface area contributed by atoms with Crippen molar-refractivity contribution in [2.24, 2.45) is 29.6 Å². The first-order valence-corrected chi connectivity index (χ1v) is 11.4. The molecule has 0 spiro atoms. The summed E-state index contributed by atoms with van der Waals surface area (Å²) >= 11 is 0. The summed E-state index contributed by atoms with van der Waals surface area (Å²) in [6.45, 7) is -0.266. The first kappa shape index (κ1) is 19.8. The fraction of sp³-hybridized carbons (Fsp3) is 0.739.